The van der Waals surface area contributed by atoms with Crippen LogP contribution in [0, 0.1) is 11.3 Å². The van der Waals surface area contributed by atoms with E-state index in [1.54, 1.807) is 42.5 Å². The summed E-state index contributed by atoms with van der Waals surface area (Å²) in [5.74, 6) is 0.477. The summed E-state index contributed by atoms with van der Waals surface area (Å²) in [5, 5.41) is 14.0. The van der Waals surface area contributed by atoms with Gasteiger partial charge in [-0.1, -0.05) is 0 Å². The summed E-state index contributed by atoms with van der Waals surface area (Å²) in [6.07, 6.45) is 0. The third-order valence-electron chi connectivity index (χ3n) is 2.75. The van der Waals surface area contributed by atoms with E-state index < -0.39 is 6.03 Å². The first-order valence-electron chi connectivity index (χ1n) is 6.14. The summed E-state index contributed by atoms with van der Waals surface area (Å²) < 4.78 is 5.15. The Labute approximate surface area is 122 Å². The van der Waals surface area contributed by atoms with E-state index in [9.17, 15) is 4.79 Å². The van der Waals surface area contributed by atoms with E-state index in [4.69, 9.17) is 15.7 Å². The number of nitriles is 1. The highest BCUT2D eigenvalue weighted by Gasteiger charge is 2.08. The number of amides is 2. The Morgan fingerprint density at radius 3 is 2.52 bits per heavy atom. The number of ether oxygens (including phenoxy) is 1. The minimum absolute atomic E-state index is 0.414. The number of rotatable bonds is 3. The molecule has 0 heterocycles. The number of anilines is 3. The van der Waals surface area contributed by atoms with Gasteiger partial charge in [0.05, 0.1) is 24.4 Å². The smallest absolute Gasteiger partial charge is 0.323 e. The van der Waals surface area contributed by atoms with Gasteiger partial charge in [-0.25, -0.2) is 4.79 Å². The Morgan fingerprint density at radius 2 is 1.90 bits per heavy atom. The van der Waals surface area contributed by atoms with Gasteiger partial charge in [0.2, 0.25) is 0 Å². The molecule has 0 bridgehead atoms. The maximum atomic E-state index is 11.9. The maximum Gasteiger partial charge on any atom is 0.323 e. The van der Waals surface area contributed by atoms with E-state index in [-0.39, 0.29) is 0 Å². The summed E-state index contributed by atoms with van der Waals surface area (Å²) in [4.78, 5) is 11.9. The number of benzene rings is 2. The molecule has 2 amide bonds. The van der Waals surface area contributed by atoms with Crippen molar-refractivity contribution in [3.8, 4) is 11.8 Å². The van der Waals surface area contributed by atoms with E-state index >= 15 is 0 Å². The molecule has 4 N–H and O–H groups in total. The zero-order valence-corrected chi connectivity index (χ0v) is 11.4. The van der Waals surface area contributed by atoms with Crippen LogP contribution in [-0.2, 0) is 0 Å². The van der Waals surface area contributed by atoms with E-state index in [2.05, 4.69) is 10.6 Å². The zero-order valence-electron chi connectivity index (χ0n) is 11.4. The largest absolute Gasteiger partial charge is 0.494 e. The zero-order chi connectivity index (χ0) is 15.2. The number of methoxy groups -OCH3 is 1. The number of hydrogen-bond acceptors (Lipinski definition) is 4. The third kappa shape index (κ3) is 3.64. The predicted molar refractivity (Wildman–Crippen MR) is 81.2 cm³/mol. The van der Waals surface area contributed by atoms with Crippen molar-refractivity contribution in [1.29, 1.82) is 5.26 Å². The van der Waals surface area contributed by atoms with Crippen molar-refractivity contribution in [3.05, 3.63) is 48.0 Å². The highest BCUT2D eigenvalue weighted by molar-refractivity contribution is 6.00. The Bertz CT molecular complexity index is 690. The lowest BCUT2D eigenvalue weighted by atomic mass is 10.2. The summed E-state index contributed by atoms with van der Waals surface area (Å²) in [6, 6.07) is 13.1. The Kier molecular flexibility index (Phi) is 4.26. The highest BCUT2D eigenvalue weighted by Crippen LogP contribution is 2.26. The van der Waals surface area contributed by atoms with Gasteiger partial charge in [-0.2, -0.15) is 5.26 Å². The van der Waals surface area contributed by atoms with Gasteiger partial charge in [-0.15, -0.1) is 0 Å². The molecule has 0 spiro atoms. The SMILES string of the molecule is COc1cc(N)ccc1NC(=O)Nc1ccc(C#N)cc1. The fourth-order valence-electron chi connectivity index (χ4n) is 1.72. The van der Waals surface area contributed by atoms with Crippen molar-refractivity contribution in [1.82, 2.24) is 0 Å². The van der Waals surface area contributed by atoms with Crippen molar-refractivity contribution >= 4 is 23.1 Å². The summed E-state index contributed by atoms with van der Waals surface area (Å²) >= 11 is 0. The van der Waals surface area contributed by atoms with Gasteiger partial charge in [-0.3, -0.25) is 0 Å². The molecule has 0 radical (unpaired) electrons. The van der Waals surface area contributed by atoms with Crippen molar-refractivity contribution in [2.45, 2.75) is 0 Å². The Morgan fingerprint density at radius 1 is 1.19 bits per heavy atom. The van der Waals surface area contributed by atoms with Gasteiger partial charge < -0.3 is 21.1 Å². The van der Waals surface area contributed by atoms with Gasteiger partial charge in [0.1, 0.15) is 5.75 Å². The second-order valence-electron chi connectivity index (χ2n) is 4.23. The number of hydrogen-bond donors (Lipinski definition) is 3. The van der Waals surface area contributed by atoms with E-state index in [0.29, 0.717) is 28.4 Å². The van der Waals surface area contributed by atoms with Crippen LogP contribution in [0.3, 0.4) is 0 Å². The van der Waals surface area contributed by atoms with Crippen molar-refractivity contribution < 1.29 is 9.53 Å². The van der Waals surface area contributed by atoms with E-state index in [1.165, 1.54) is 7.11 Å². The maximum absolute atomic E-state index is 11.9. The molecule has 2 aromatic carbocycles. The molecule has 0 aromatic heterocycles. The number of urea groups is 1. The van der Waals surface area contributed by atoms with Crippen LogP contribution in [0.15, 0.2) is 42.5 Å². The van der Waals surface area contributed by atoms with Gasteiger partial charge in [0.15, 0.2) is 0 Å². The fraction of sp³-hybridized carbons (Fsp3) is 0.0667. The van der Waals surface area contributed by atoms with Crippen molar-refractivity contribution in [2.75, 3.05) is 23.5 Å². The lowest BCUT2D eigenvalue weighted by Gasteiger charge is -2.11. The molecule has 6 nitrogen and oxygen atoms in total. The van der Waals surface area contributed by atoms with Crippen LogP contribution >= 0.6 is 0 Å². The molecule has 0 atom stereocenters. The Balaban J connectivity index is 2.06. The highest BCUT2D eigenvalue weighted by atomic mass is 16.5. The number of nitrogens with zero attached hydrogens (tertiary/aromatic N) is 1. The molecule has 0 aliphatic rings. The molecule has 2 aromatic rings. The number of carbonyl (C=O) groups is 1. The standard InChI is InChI=1S/C15H14N4O2/c1-21-14-8-11(17)4-7-13(14)19-15(20)18-12-5-2-10(9-16)3-6-12/h2-8H,17H2,1H3,(H2,18,19,20). The minimum Gasteiger partial charge on any atom is -0.494 e. The van der Waals surface area contributed by atoms with E-state index in [1.807, 2.05) is 6.07 Å². The van der Waals surface area contributed by atoms with Crippen molar-refractivity contribution in [2.24, 2.45) is 0 Å². The van der Waals surface area contributed by atoms with Crippen LogP contribution in [0.4, 0.5) is 21.9 Å². The van der Waals surface area contributed by atoms with Gasteiger partial charge in [0, 0.05) is 17.4 Å². The molecule has 0 fully saturated rings. The molecule has 0 saturated carbocycles. The molecular formula is C15H14N4O2. The van der Waals surface area contributed by atoms with Gasteiger partial charge >= 0.3 is 6.03 Å². The number of nitrogens with one attached hydrogen (secondary N) is 2. The molecule has 0 aliphatic carbocycles. The van der Waals surface area contributed by atoms with Crippen LogP contribution in [0.5, 0.6) is 5.75 Å². The number of carbonyl (C=O) groups excluding carboxylic acids is 1. The van der Waals surface area contributed by atoms with Crippen LogP contribution < -0.4 is 21.1 Å². The van der Waals surface area contributed by atoms with Crippen molar-refractivity contribution in [3.63, 3.8) is 0 Å². The molecule has 21 heavy (non-hydrogen) atoms. The van der Waals surface area contributed by atoms with E-state index in [0.717, 1.165) is 0 Å². The molecular weight excluding hydrogens is 268 g/mol. The lowest BCUT2D eigenvalue weighted by Crippen LogP contribution is -2.19. The van der Waals surface area contributed by atoms with Crippen LogP contribution in [-0.4, -0.2) is 13.1 Å². The second kappa shape index (κ2) is 6.30. The molecule has 6 heteroatoms. The third-order valence-corrected chi connectivity index (χ3v) is 2.75. The number of nitrogens with two attached hydrogens (primary N) is 1. The molecule has 2 rings (SSSR count). The summed E-state index contributed by atoms with van der Waals surface area (Å²) in [6.45, 7) is 0. The first kappa shape index (κ1) is 14.2. The summed E-state index contributed by atoms with van der Waals surface area (Å²) in [7, 11) is 1.50. The second-order valence-corrected chi connectivity index (χ2v) is 4.23. The van der Waals surface area contributed by atoms with Crippen LogP contribution in [0.25, 0.3) is 0 Å². The molecule has 0 saturated heterocycles. The average Bonchev–Trinajstić information content (AvgIpc) is 2.49. The topological polar surface area (TPSA) is 100 Å². The minimum atomic E-state index is -0.414. The summed E-state index contributed by atoms with van der Waals surface area (Å²) in [5.41, 5.74) is 7.82. The lowest BCUT2D eigenvalue weighted by molar-refractivity contribution is 0.262. The fourth-order valence-corrected chi connectivity index (χ4v) is 1.72. The quantitative estimate of drug-likeness (QED) is 0.753. The molecule has 106 valence electrons. The average molecular weight is 282 g/mol. The Hall–Kier alpha value is -3.20. The van der Waals surface area contributed by atoms with Crippen LogP contribution in [0.2, 0.25) is 0 Å². The number of nitrogen functional groups attached to an aromatic ring is 1. The normalized spacial score (nSPS) is 9.52. The molecule has 0 aliphatic heterocycles. The van der Waals surface area contributed by atoms with Gasteiger partial charge in [-0.05, 0) is 36.4 Å². The first-order chi connectivity index (χ1) is 10.1. The predicted octanol–water partition coefficient (Wildman–Crippen LogP) is 2.79. The van der Waals surface area contributed by atoms with Crippen LogP contribution in [0.1, 0.15) is 5.56 Å². The first-order valence-corrected chi connectivity index (χ1v) is 6.14. The molecule has 0 unspecified atom stereocenters. The van der Waals surface area contributed by atoms with Gasteiger partial charge in [0.25, 0.3) is 0 Å². The monoisotopic (exact) mass is 282 g/mol.